The third-order valence-corrected chi connectivity index (χ3v) is 11.3. The van der Waals surface area contributed by atoms with Gasteiger partial charge in [0.15, 0.2) is 0 Å². The number of pyridine rings is 1. The van der Waals surface area contributed by atoms with Gasteiger partial charge in [0.2, 0.25) is 5.90 Å². The Bertz CT molecular complexity index is 2240. The van der Waals surface area contributed by atoms with E-state index in [1.54, 1.807) is 0 Å². The van der Waals surface area contributed by atoms with Crippen molar-refractivity contribution in [3.8, 4) is 11.5 Å². The number of ether oxygens (including phenoxy) is 2. The molecule has 0 bridgehead atoms. The van der Waals surface area contributed by atoms with Gasteiger partial charge in [0.25, 0.3) is 0 Å². The van der Waals surface area contributed by atoms with E-state index in [9.17, 15) is 0 Å². The topological polar surface area (TPSA) is 47.0 Å². The monoisotopic (exact) mass is 675 g/mol. The van der Waals surface area contributed by atoms with Gasteiger partial charge >= 0.3 is 0 Å². The number of aliphatic imine (C=N–C) groups is 1. The summed E-state index contributed by atoms with van der Waals surface area (Å²) >= 11 is 0. The average Bonchev–Trinajstić information content (AvgIpc) is 3.49. The summed E-state index contributed by atoms with van der Waals surface area (Å²) in [5.74, 6) is 3.13. The molecule has 0 N–H and O–H groups in total. The highest BCUT2D eigenvalue weighted by molar-refractivity contribution is 5.96. The highest BCUT2D eigenvalue weighted by atomic mass is 16.5. The molecule has 5 heteroatoms. The third kappa shape index (κ3) is 5.53. The van der Waals surface area contributed by atoms with Crippen LogP contribution in [0, 0.1) is 20.8 Å². The minimum absolute atomic E-state index is 0.00817. The van der Waals surface area contributed by atoms with Gasteiger partial charge < -0.3 is 9.47 Å². The van der Waals surface area contributed by atoms with Gasteiger partial charge in [0.1, 0.15) is 29.5 Å². The van der Waals surface area contributed by atoms with E-state index in [0.29, 0.717) is 5.90 Å². The molecule has 0 radical (unpaired) electrons. The molecular weight excluding hydrogens is 627 g/mol. The van der Waals surface area contributed by atoms with Crippen molar-refractivity contribution in [2.75, 3.05) is 4.90 Å². The fourth-order valence-electron chi connectivity index (χ4n) is 8.95. The van der Waals surface area contributed by atoms with Crippen molar-refractivity contribution in [2.45, 2.75) is 104 Å². The lowest BCUT2D eigenvalue weighted by atomic mass is 9.66. The number of rotatable bonds is 4. The van der Waals surface area contributed by atoms with Crippen LogP contribution >= 0.6 is 0 Å². The molecule has 5 nitrogen and oxygen atoms in total. The van der Waals surface area contributed by atoms with Gasteiger partial charge in [-0.1, -0.05) is 90.4 Å². The number of fused-ring (bicyclic) bond motifs is 4. The fourth-order valence-corrected chi connectivity index (χ4v) is 8.95. The zero-order valence-electron chi connectivity index (χ0n) is 31.7. The summed E-state index contributed by atoms with van der Waals surface area (Å²) in [5, 5.41) is 0. The molecule has 4 aromatic carbocycles. The molecule has 2 aliphatic heterocycles. The van der Waals surface area contributed by atoms with Crippen LogP contribution in [0.2, 0.25) is 0 Å². The van der Waals surface area contributed by atoms with Crippen molar-refractivity contribution in [2.24, 2.45) is 4.99 Å². The lowest BCUT2D eigenvalue weighted by molar-refractivity contribution is 0.147. The first-order chi connectivity index (χ1) is 24.1. The van der Waals surface area contributed by atoms with Crippen molar-refractivity contribution < 1.29 is 9.47 Å². The van der Waals surface area contributed by atoms with Crippen LogP contribution in [0.25, 0.3) is 0 Å². The molecule has 51 heavy (non-hydrogen) atoms. The van der Waals surface area contributed by atoms with Gasteiger partial charge in [0, 0.05) is 35.1 Å². The van der Waals surface area contributed by atoms with Gasteiger partial charge in [0.05, 0.1) is 11.4 Å². The molecule has 0 fully saturated rings. The largest absolute Gasteiger partial charge is 0.471 e. The number of aromatic nitrogens is 1. The summed E-state index contributed by atoms with van der Waals surface area (Å²) in [4.78, 5) is 12.5. The molecule has 8 rings (SSSR count). The molecule has 3 heterocycles. The molecule has 2 atom stereocenters. The predicted molar refractivity (Wildman–Crippen MR) is 209 cm³/mol. The van der Waals surface area contributed by atoms with Crippen LogP contribution in [0.4, 0.5) is 17.2 Å². The Kier molecular flexibility index (Phi) is 7.54. The van der Waals surface area contributed by atoms with Gasteiger partial charge in [-0.25, -0.2) is 9.98 Å². The van der Waals surface area contributed by atoms with Gasteiger partial charge in [-0.2, -0.15) is 0 Å². The first-order valence-corrected chi connectivity index (χ1v) is 18.3. The normalized spacial score (nSPS) is 19.6. The van der Waals surface area contributed by atoms with Crippen molar-refractivity contribution in [1.82, 2.24) is 4.98 Å². The molecular formula is C46H49N3O2. The maximum atomic E-state index is 6.73. The quantitative estimate of drug-likeness (QED) is 0.190. The summed E-state index contributed by atoms with van der Waals surface area (Å²) in [7, 11) is 0. The SMILES string of the molecule is Cc1cc(Oc2ccc3c(c2)N(c2cc(C(C)(C)C)ccn2)c2ccccc2C3(C)C)cc(C2=N[C@@H]3[C@H](Cc4cc(C)cc(C)c4C3(C)C)O2)c1. The van der Waals surface area contributed by atoms with E-state index >= 15 is 0 Å². The molecule has 3 aliphatic rings. The van der Waals surface area contributed by atoms with Crippen molar-refractivity contribution in [3.05, 3.63) is 141 Å². The Morgan fingerprint density at radius 3 is 2.31 bits per heavy atom. The maximum absolute atomic E-state index is 6.73. The van der Waals surface area contributed by atoms with Gasteiger partial charge in [-0.3, -0.25) is 4.90 Å². The van der Waals surface area contributed by atoms with Crippen LogP contribution < -0.4 is 9.64 Å². The van der Waals surface area contributed by atoms with Gasteiger partial charge in [-0.15, -0.1) is 0 Å². The Hall–Kier alpha value is -4.90. The molecule has 0 unspecified atom stereocenters. The van der Waals surface area contributed by atoms with Crippen LogP contribution in [-0.4, -0.2) is 23.0 Å². The van der Waals surface area contributed by atoms with E-state index in [1.807, 2.05) is 6.20 Å². The summed E-state index contributed by atoms with van der Waals surface area (Å²) < 4.78 is 13.4. The molecule has 260 valence electrons. The summed E-state index contributed by atoms with van der Waals surface area (Å²) in [6.07, 6.45) is 2.81. The van der Waals surface area contributed by atoms with E-state index in [4.69, 9.17) is 19.5 Å². The first kappa shape index (κ1) is 33.3. The number of nitrogens with zero attached hydrogens (tertiary/aromatic N) is 3. The lowest BCUT2D eigenvalue weighted by Gasteiger charge is -2.41. The van der Waals surface area contributed by atoms with E-state index < -0.39 is 0 Å². The van der Waals surface area contributed by atoms with Crippen LogP contribution in [0.15, 0.2) is 96.1 Å². The molecule has 1 aromatic heterocycles. The second-order valence-corrected chi connectivity index (χ2v) is 17.0. The molecule has 0 saturated carbocycles. The predicted octanol–water partition coefficient (Wildman–Crippen LogP) is 11.3. The molecule has 1 aliphatic carbocycles. The zero-order chi connectivity index (χ0) is 36.0. The van der Waals surface area contributed by atoms with Crippen LogP contribution in [0.1, 0.15) is 98.5 Å². The average molecular weight is 676 g/mol. The maximum Gasteiger partial charge on any atom is 0.217 e. The zero-order valence-corrected chi connectivity index (χ0v) is 31.7. The smallest absolute Gasteiger partial charge is 0.217 e. The fraction of sp³-hybridized carbons (Fsp3) is 0.348. The Balaban J connectivity index is 1.15. The lowest BCUT2D eigenvalue weighted by Crippen LogP contribution is -2.46. The number of aryl methyl sites for hydroxylation is 3. The van der Waals surface area contributed by atoms with Crippen molar-refractivity contribution in [3.63, 3.8) is 0 Å². The highest BCUT2D eigenvalue weighted by Crippen LogP contribution is 2.53. The Morgan fingerprint density at radius 2 is 1.53 bits per heavy atom. The number of hydrogen-bond donors (Lipinski definition) is 0. The minimum Gasteiger partial charge on any atom is -0.471 e. The Morgan fingerprint density at radius 1 is 0.784 bits per heavy atom. The standard InChI is InChI=1S/C46H49N3O2/c1-27-19-29(3)41-30(20-27)24-39-42(46(41,9)10)48-43(51-39)31-21-28(2)22-34(23-31)50-33-15-16-36-38(26-33)49(37-14-12-11-13-35(37)45(36,7)8)40-25-32(17-18-47-40)44(4,5)6/h11-23,25-26,39,42H,24H2,1-10H3/t39-,42+/m0/s1. The molecule has 0 spiro atoms. The van der Waals surface area contributed by atoms with Crippen molar-refractivity contribution >= 4 is 23.1 Å². The number of benzene rings is 4. The molecule has 0 saturated heterocycles. The summed E-state index contributed by atoms with van der Waals surface area (Å²) in [6, 6.07) is 30.5. The van der Waals surface area contributed by atoms with Gasteiger partial charge in [-0.05, 0) is 108 Å². The van der Waals surface area contributed by atoms with E-state index in [2.05, 4.69) is 159 Å². The third-order valence-electron chi connectivity index (χ3n) is 11.3. The van der Waals surface area contributed by atoms with Crippen LogP contribution in [0.5, 0.6) is 11.5 Å². The minimum atomic E-state index is -0.210. The number of anilines is 3. The first-order valence-electron chi connectivity index (χ1n) is 18.3. The highest BCUT2D eigenvalue weighted by Gasteiger charge is 2.48. The molecule has 5 aromatic rings. The molecule has 0 amide bonds. The van der Waals surface area contributed by atoms with E-state index in [-0.39, 0.29) is 28.4 Å². The van der Waals surface area contributed by atoms with Crippen LogP contribution in [-0.2, 0) is 27.4 Å². The number of para-hydroxylation sites is 1. The van der Waals surface area contributed by atoms with Crippen LogP contribution in [0.3, 0.4) is 0 Å². The second kappa shape index (κ2) is 11.6. The van der Waals surface area contributed by atoms with Crippen molar-refractivity contribution in [1.29, 1.82) is 0 Å². The van der Waals surface area contributed by atoms with E-state index in [0.717, 1.165) is 46.2 Å². The summed E-state index contributed by atoms with van der Waals surface area (Å²) in [5.41, 5.74) is 13.1. The number of hydrogen-bond acceptors (Lipinski definition) is 5. The second-order valence-electron chi connectivity index (χ2n) is 17.0. The van der Waals surface area contributed by atoms with E-state index in [1.165, 1.54) is 38.9 Å². The Labute approximate surface area is 303 Å². The summed E-state index contributed by atoms with van der Waals surface area (Å²) in [6.45, 7) is 22.5.